The molecule has 2 nitrogen and oxygen atoms in total. The van der Waals surface area contributed by atoms with Crippen LogP contribution in [0.4, 0.5) is 4.39 Å². The van der Waals surface area contributed by atoms with Crippen LogP contribution in [0.25, 0.3) is 0 Å². The SMILES string of the molecule is Cc1cc(F)ccc1C(Cc1ccc(Cl)c(Cl)c1)NN. The molecular formula is C15H15Cl2FN2. The van der Waals surface area contributed by atoms with Crippen LogP contribution in [0, 0.1) is 12.7 Å². The van der Waals surface area contributed by atoms with E-state index in [-0.39, 0.29) is 11.9 Å². The van der Waals surface area contributed by atoms with Gasteiger partial charge in [0.1, 0.15) is 5.82 Å². The van der Waals surface area contributed by atoms with E-state index in [0.29, 0.717) is 16.5 Å². The number of aryl methyl sites for hydroxylation is 1. The lowest BCUT2D eigenvalue weighted by molar-refractivity contribution is 0.546. The lowest BCUT2D eigenvalue weighted by Crippen LogP contribution is -2.30. The number of nitrogens with one attached hydrogen (secondary N) is 1. The van der Waals surface area contributed by atoms with Gasteiger partial charge in [0.15, 0.2) is 0 Å². The van der Waals surface area contributed by atoms with Crippen molar-refractivity contribution in [1.82, 2.24) is 5.43 Å². The Morgan fingerprint density at radius 1 is 1.15 bits per heavy atom. The van der Waals surface area contributed by atoms with Crippen LogP contribution in [0.1, 0.15) is 22.7 Å². The van der Waals surface area contributed by atoms with Crippen molar-refractivity contribution in [3.05, 3.63) is 69.0 Å². The first-order chi connectivity index (χ1) is 9.51. The van der Waals surface area contributed by atoms with Gasteiger partial charge in [0.25, 0.3) is 0 Å². The highest BCUT2D eigenvalue weighted by Gasteiger charge is 2.14. The first kappa shape index (κ1) is 15.3. The third-order valence-electron chi connectivity index (χ3n) is 3.23. The molecule has 0 aliphatic rings. The van der Waals surface area contributed by atoms with Crippen LogP contribution < -0.4 is 11.3 Å². The van der Waals surface area contributed by atoms with E-state index in [0.717, 1.165) is 16.7 Å². The second-order valence-corrected chi connectivity index (χ2v) is 5.49. The number of nitrogens with two attached hydrogens (primary N) is 1. The Bertz CT molecular complexity index is 617. The van der Waals surface area contributed by atoms with Crippen molar-refractivity contribution in [2.75, 3.05) is 0 Å². The van der Waals surface area contributed by atoms with Gasteiger partial charge in [0, 0.05) is 0 Å². The Morgan fingerprint density at radius 2 is 1.90 bits per heavy atom. The highest BCUT2D eigenvalue weighted by atomic mass is 35.5. The number of hydrogen-bond donors (Lipinski definition) is 2. The summed E-state index contributed by atoms with van der Waals surface area (Å²) >= 11 is 11.9. The van der Waals surface area contributed by atoms with Crippen molar-refractivity contribution in [2.45, 2.75) is 19.4 Å². The van der Waals surface area contributed by atoms with Crippen molar-refractivity contribution in [2.24, 2.45) is 5.84 Å². The van der Waals surface area contributed by atoms with E-state index >= 15 is 0 Å². The molecule has 0 aromatic heterocycles. The number of rotatable bonds is 4. The molecule has 0 fully saturated rings. The molecule has 0 saturated heterocycles. The van der Waals surface area contributed by atoms with Gasteiger partial charge in [-0.05, 0) is 54.3 Å². The van der Waals surface area contributed by atoms with Crippen LogP contribution in [0.2, 0.25) is 10.0 Å². The summed E-state index contributed by atoms with van der Waals surface area (Å²) in [5.74, 6) is 5.37. The predicted molar refractivity (Wildman–Crippen MR) is 81.4 cm³/mol. The van der Waals surface area contributed by atoms with Gasteiger partial charge in [0.05, 0.1) is 16.1 Å². The summed E-state index contributed by atoms with van der Waals surface area (Å²) in [5, 5.41) is 1.03. The Morgan fingerprint density at radius 3 is 2.50 bits per heavy atom. The average molecular weight is 313 g/mol. The summed E-state index contributed by atoms with van der Waals surface area (Å²) in [6, 6.07) is 10.0. The molecule has 20 heavy (non-hydrogen) atoms. The topological polar surface area (TPSA) is 38.0 Å². The largest absolute Gasteiger partial charge is 0.271 e. The molecule has 0 heterocycles. The molecular weight excluding hydrogens is 298 g/mol. The van der Waals surface area contributed by atoms with Crippen LogP contribution in [0.15, 0.2) is 36.4 Å². The van der Waals surface area contributed by atoms with Crippen molar-refractivity contribution < 1.29 is 4.39 Å². The Kier molecular flexibility index (Phi) is 5.00. The van der Waals surface area contributed by atoms with Gasteiger partial charge >= 0.3 is 0 Å². The van der Waals surface area contributed by atoms with E-state index in [9.17, 15) is 4.39 Å². The van der Waals surface area contributed by atoms with Crippen molar-refractivity contribution in [3.8, 4) is 0 Å². The van der Waals surface area contributed by atoms with Gasteiger partial charge in [-0.3, -0.25) is 11.3 Å². The Labute approximate surface area is 127 Å². The van der Waals surface area contributed by atoms with Gasteiger partial charge in [-0.25, -0.2) is 4.39 Å². The summed E-state index contributed by atoms with van der Waals surface area (Å²) in [7, 11) is 0. The molecule has 1 unspecified atom stereocenters. The fraction of sp³-hybridized carbons (Fsp3) is 0.200. The smallest absolute Gasteiger partial charge is 0.123 e. The summed E-state index contributed by atoms with van der Waals surface area (Å²) < 4.78 is 13.2. The molecule has 2 aromatic rings. The van der Waals surface area contributed by atoms with E-state index in [1.165, 1.54) is 12.1 Å². The molecule has 106 valence electrons. The summed E-state index contributed by atoms with van der Waals surface area (Å²) in [5.41, 5.74) is 5.58. The van der Waals surface area contributed by atoms with Crippen LogP contribution in [0.3, 0.4) is 0 Å². The first-order valence-corrected chi connectivity index (χ1v) is 6.93. The Balaban J connectivity index is 2.26. The average Bonchev–Trinajstić information content (AvgIpc) is 2.41. The monoisotopic (exact) mass is 312 g/mol. The third kappa shape index (κ3) is 3.49. The van der Waals surface area contributed by atoms with Gasteiger partial charge in [-0.2, -0.15) is 0 Å². The fourth-order valence-electron chi connectivity index (χ4n) is 2.19. The molecule has 0 radical (unpaired) electrons. The molecule has 0 aliphatic carbocycles. The summed E-state index contributed by atoms with van der Waals surface area (Å²) in [4.78, 5) is 0. The minimum atomic E-state index is -0.253. The normalized spacial score (nSPS) is 12.4. The highest BCUT2D eigenvalue weighted by Crippen LogP contribution is 2.26. The quantitative estimate of drug-likeness (QED) is 0.656. The highest BCUT2D eigenvalue weighted by molar-refractivity contribution is 6.42. The maximum Gasteiger partial charge on any atom is 0.123 e. The minimum Gasteiger partial charge on any atom is -0.271 e. The predicted octanol–water partition coefficient (Wildman–Crippen LogP) is 4.19. The molecule has 0 spiro atoms. The van der Waals surface area contributed by atoms with Crippen LogP contribution in [-0.2, 0) is 6.42 Å². The van der Waals surface area contributed by atoms with Crippen molar-refractivity contribution in [1.29, 1.82) is 0 Å². The summed E-state index contributed by atoms with van der Waals surface area (Å²) in [6.07, 6.45) is 0.639. The number of benzene rings is 2. The zero-order valence-electron chi connectivity index (χ0n) is 11.0. The molecule has 2 rings (SSSR count). The molecule has 3 N–H and O–H groups in total. The summed E-state index contributed by atoms with van der Waals surface area (Å²) in [6.45, 7) is 1.86. The standard InChI is InChI=1S/C15H15Cl2FN2/c1-9-6-11(18)3-4-12(9)15(20-19)8-10-2-5-13(16)14(17)7-10/h2-7,15,20H,8,19H2,1H3. The molecule has 0 aliphatic heterocycles. The third-order valence-corrected chi connectivity index (χ3v) is 3.97. The van der Waals surface area contributed by atoms with E-state index in [2.05, 4.69) is 5.43 Å². The van der Waals surface area contributed by atoms with Gasteiger partial charge in [0.2, 0.25) is 0 Å². The van der Waals surface area contributed by atoms with Gasteiger partial charge < -0.3 is 0 Å². The first-order valence-electron chi connectivity index (χ1n) is 6.17. The zero-order chi connectivity index (χ0) is 14.7. The van der Waals surface area contributed by atoms with Gasteiger partial charge in [-0.1, -0.05) is 35.3 Å². The van der Waals surface area contributed by atoms with E-state index in [1.54, 1.807) is 12.1 Å². The van der Waals surface area contributed by atoms with E-state index < -0.39 is 0 Å². The molecule has 0 saturated carbocycles. The molecule has 0 bridgehead atoms. The zero-order valence-corrected chi connectivity index (χ0v) is 12.5. The molecule has 0 amide bonds. The van der Waals surface area contributed by atoms with E-state index in [1.807, 2.05) is 19.1 Å². The maximum absolute atomic E-state index is 13.2. The number of hydrogen-bond acceptors (Lipinski definition) is 2. The van der Waals surface area contributed by atoms with Crippen molar-refractivity contribution >= 4 is 23.2 Å². The second-order valence-electron chi connectivity index (χ2n) is 4.67. The van der Waals surface area contributed by atoms with E-state index in [4.69, 9.17) is 29.0 Å². The lowest BCUT2D eigenvalue weighted by Gasteiger charge is -2.19. The second kappa shape index (κ2) is 6.55. The molecule has 5 heteroatoms. The van der Waals surface area contributed by atoms with Crippen molar-refractivity contribution in [3.63, 3.8) is 0 Å². The van der Waals surface area contributed by atoms with Gasteiger partial charge in [-0.15, -0.1) is 0 Å². The maximum atomic E-state index is 13.2. The number of halogens is 3. The fourth-order valence-corrected chi connectivity index (χ4v) is 2.51. The van der Waals surface area contributed by atoms with Crippen LogP contribution in [0.5, 0.6) is 0 Å². The lowest BCUT2D eigenvalue weighted by atomic mass is 9.96. The van der Waals surface area contributed by atoms with Crippen LogP contribution in [-0.4, -0.2) is 0 Å². The van der Waals surface area contributed by atoms with Crippen LogP contribution >= 0.6 is 23.2 Å². The Hall–Kier alpha value is -1.13. The minimum absolute atomic E-state index is 0.118. The molecule has 1 atom stereocenters. The number of hydrazine groups is 1. The molecule has 2 aromatic carbocycles.